The Labute approximate surface area is 152 Å². The summed E-state index contributed by atoms with van der Waals surface area (Å²) in [5.41, 5.74) is 3.21. The Morgan fingerprint density at radius 3 is 2.96 bits per heavy atom. The predicted molar refractivity (Wildman–Crippen MR) is 96.3 cm³/mol. The van der Waals surface area contributed by atoms with Crippen molar-refractivity contribution in [2.45, 2.75) is 6.92 Å². The molecule has 2 rings (SSSR count). The average molecular weight is 386 g/mol. The number of amides is 1. The normalized spacial score (nSPS) is 11.7. The van der Waals surface area contributed by atoms with Crippen LogP contribution in [0.3, 0.4) is 0 Å². The van der Waals surface area contributed by atoms with Crippen molar-refractivity contribution < 1.29 is 14.7 Å². The van der Waals surface area contributed by atoms with Gasteiger partial charge in [0.1, 0.15) is 5.75 Å². The van der Waals surface area contributed by atoms with E-state index in [4.69, 9.17) is 28.0 Å². The Balaban J connectivity index is 1.84. The first-order valence-corrected chi connectivity index (χ1v) is 8.31. The first-order valence-electron chi connectivity index (χ1n) is 6.67. The van der Waals surface area contributed by atoms with Gasteiger partial charge in [0, 0.05) is 10.6 Å². The van der Waals surface area contributed by atoms with Crippen LogP contribution in [0.15, 0.2) is 39.9 Å². The number of rotatable bonds is 6. The zero-order valence-corrected chi connectivity index (χ0v) is 14.8. The second-order valence-electron chi connectivity index (χ2n) is 4.55. The van der Waals surface area contributed by atoms with Gasteiger partial charge in [-0.3, -0.25) is 4.79 Å². The lowest BCUT2D eigenvalue weighted by molar-refractivity contribution is -0.125. The quantitative estimate of drug-likeness (QED) is 0.587. The van der Waals surface area contributed by atoms with Gasteiger partial charge in [-0.05, 0) is 30.5 Å². The standard InChI is InChI=1S/C15H13Cl2N3O3S/c1-9(13-3-2-4-24-13)20-23-8-14(21)19-18-7-10-5-11(16)6-12(17)15(10)22/h2-7,22H,8H2,1H3,(H,19,21)/b18-7+,20-9?. The molecule has 1 aromatic heterocycles. The van der Waals surface area contributed by atoms with E-state index < -0.39 is 5.91 Å². The zero-order chi connectivity index (χ0) is 17.5. The van der Waals surface area contributed by atoms with Crippen molar-refractivity contribution in [1.29, 1.82) is 0 Å². The molecule has 0 saturated carbocycles. The van der Waals surface area contributed by atoms with Crippen LogP contribution >= 0.6 is 34.5 Å². The fourth-order valence-electron chi connectivity index (χ4n) is 1.61. The summed E-state index contributed by atoms with van der Waals surface area (Å²) in [7, 11) is 0. The highest BCUT2D eigenvalue weighted by atomic mass is 35.5. The van der Waals surface area contributed by atoms with Gasteiger partial charge >= 0.3 is 0 Å². The number of benzene rings is 1. The number of aromatic hydroxyl groups is 1. The molecule has 0 atom stereocenters. The van der Waals surface area contributed by atoms with Crippen molar-refractivity contribution >= 4 is 52.4 Å². The SMILES string of the molecule is CC(=NOCC(=O)N/N=C/c1cc(Cl)cc(Cl)c1O)c1cccs1. The largest absolute Gasteiger partial charge is 0.506 e. The minimum Gasteiger partial charge on any atom is -0.506 e. The zero-order valence-electron chi connectivity index (χ0n) is 12.5. The second-order valence-corrected chi connectivity index (χ2v) is 6.34. The number of phenols is 1. The Kier molecular flexibility index (Phi) is 6.60. The van der Waals surface area contributed by atoms with E-state index in [1.54, 1.807) is 6.92 Å². The number of carbonyl (C=O) groups is 1. The lowest BCUT2D eigenvalue weighted by atomic mass is 10.2. The molecule has 0 aliphatic rings. The van der Waals surface area contributed by atoms with E-state index in [-0.39, 0.29) is 22.9 Å². The van der Waals surface area contributed by atoms with Crippen molar-refractivity contribution in [3.8, 4) is 5.75 Å². The third kappa shape index (κ3) is 5.23. The topological polar surface area (TPSA) is 83.3 Å². The van der Waals surface area contributed by atoms with Crippen LogP contribution in [0.25, 0.3) is 0 Å². The lowest BCUT2D eigenvalue weighted by Gasteiger charge is -2.03. The Hall–Kier alpha value is -2.09. The van der Waals surface area contributed by atoms with Gasteiger partial charge in [0.15, 0.2) is 6.61 Å². The summed E-state index contributed by atoms with van der Waals surface area (Å²) in [6, 6.07) is 6.66. The highest BCUT2D eigenvalue weighted by molar-refractivity contribution is 7.12. The molecule has 0 radical (unpaired) electrons. The molecule has 1 aromatic carbocycles. The van der Waals surface area contributed by atoms with E-state index in [9.17, 15) is 9.90 Å². The predicted octanol–water partition coefficient (Wildman–Crippen LogP) is 3.65. The van der Waals surface area contributed by atoms with E-state index >= 15 is 0 Å². The molecule has 0 aliphatic heterocycles. The number of nitrogens with one attached hydrogen (secondary N) is 1. The number of phenolic OH excluding ortho intramolecular Hbond substituents is 1. The molecule has 0 saturated heterocycles. The van der Waals surface area contributed by atoms with Crippen LogP contribution in [-0.2, 0) is 9.63 Å². The van der Waals surface area contributed by atoms with Gasteiger partial charge in [-0.25, -0.2) is 5.43 Å². The third-order valence-electron chi connectivity index (χ3n) is 2.73. The highest BCUT2D eigenvalue weighted by Gasteiger charge is 2.06. The Bertz CT molecular complexity index is 777. The van der Waals surface area contributed by atoms with Gasteiger partial charge in [-0.2, -0.15) is 5.10 Å². The minimum absolute atomic E-state index is 0.0944. The smallest absolute Gasteiger partial charge is 0.280 e. The van der Waals surface area contributed by atoms with Crippen molar-refractivity contribution in [2.75, 3.05) is 6.61 Å². The van der Waals surface area contributed by atoms with E-state index in [1.807, 2.05) is 17.5 Å². The molecule has 0 bridgehead atoms. The van der Waals surface area contributed by atoms with E-state index in [1.165, 1.54) is 29.7 Å². The number of carbonyl (C=O) groups excluding carboxylic acids is 1. The van der Waals surface area contributed by atoms with E-state index in [2.05, 4.69) is 15.7 Å². The summed E-state index contributed by atoms with van der Waals surface area (Å²) in [5.74, 6) is -0.673. The van der Waals surface area contributed by atoms with Crippen LogP contribution in [-0.4, -0.2) is 29.5 Å². The Morgan fingerprint density at radius 1 is 1.46 bits per heavy atom. The maximum Gasteiger partial charge on any atom is 0.280 e. The van der Waals surface area contributed by atoms with E-state index in [0.29, 0.717) is 10.7 Å². The molecule has 0 spiro atoms. The lowest BCUT2D eigenvalue weighted by Crippen LogP contribution is -2.22. The maximum absolute atomic E-state index is 11.6. The summed E-state index contributed by atoms with van der Waals surface area (Å²) in [5, 5.41) is 19.7. The first kappa shape index (κ1) is 18.3. The van der Waals surface area contributed by atoms with Gasteiger partial charge in [0.2, 0.25) is 0 Å². The first-order chi connectivity index (χ1) is 11.5. The summed E-state index contributed by atoms with van der Waals surface area (Å²) in [6.07, 6.45) is 1.23. The fourth-order valence-corrected chi connectivity index (χ4v) is 2.79. The molecule has 0 fully saturated rings. The minimum atomic E-state index is -0.499. The number of halogens is 2. The molecule has 6 nitrogen and oxygen atoms in total. The molecule has 24 heavy (non-hydrogen) atoms. The molecule has 2 aromatic rings. The number of oxime groups is 1. The van der Waals surface area contributed by atoms with Gasteiger partial charge in [0.25, 0.3) is 5.91 Å². The summed E-state index contributed by atoms with van der Waals surface area (Å²) in [4.78, 5) is 17.5. The molecular formula is C15H13Cl2N3O3S. The fraction of sp³-hybridized carbons (Fsp3) is 0.133. The molecule has 0 aliphatic carbocycles. The van der Waals surface area contributed by atoms with Gasteiger partial charge in [0.05, 0.1) is 21.8 Å². The second kappa shape index (κ2) is 8.68. The molecule has 126 valence electrons. The van der Waals surface area contributed by atoms with Crippen LogP contribution in [0.4, 0.5) is 0 Å². The van der Waals surface area contributed by atoms with Gasteiger partial charge in [-0.1, -0.05) is 34.4 Å². The van der Waals surface area contributed by atoms with Crippen LogP contribution in [0.1, 0.15) is 17.4 Å². The molecule has 2 N–H and O–H groups in total. The number of hydrazone groups is 1. The summed E-state index contributed by atoms with van der Waals surface area (Å²) < 4.78 is 0. The van der Waals surface area contributed by atoms with Crippen LogP contribution in [0.2, 0.25) is 10.0 Å². The molecule has 9 heteroatoms. The summed E-state index contributed by atoms with van der Waals surface area (Å²) >= 11 is 13.1. The van der Waals surface area contributed by atoms with Gasteiger partial charge < -0.3 is 9.94 Å². The van der Waals surface area contributed by atoms with Crippen molar-refractivity contribution in [1.82, 2.24) is 5.43 Å². The number of hydrogen-bond acceptors (Lipinski definition) is 6. The van der Waals surface area contributed by atoms with Crippen LogP contribution in [0.5, 0.6) is 5.75 Å². The third-order valence-corrected chi connectivity index (χ3v) is 4.21. The van der Waals surface area contributed by atoms with Gasteiger partial charge in [-0.15, -0.1) is 11.3 Å². The molecular weight excluding hydrogens is 373 g/mol. The summed E-state index contributed by atoms with van der Waals surface area (Å²) in [6.45, 7) is 1.50. The number of thiophene rings is 1. The Morgan fingerprint density at radius 2 is 2.25 bits per heavy atom. The van der Waals surface area contributed by atoms with Crippen molar-refractivity contribution in [3.63, 3.8) is 0 Å². The monoisotopic (exact) mass is 385 g/mol. The van der Waals surface area contributed by atoms with E-state index in [0.717, 1.165) is 4.88 Å². The van der Waals surface area contributed by atoms with Crippen molar-refractivity contribution in [3.05, 3.63) is 50.1 Å². The number of hydrogen-bond donors (Lipinski definition) is 2. The maximum atomic E-state index is 11.6. The molecule has 1 heterocycles. The van der Waals surface area contributed by atoms with Crippen molar-refractivity contribution in [2.24, 2.45) is 10.3 Å². The highest BCUT2D eigenvalue weighted by Crippen LogP contribution is 2.29. The molecule has 1 amide bonds. The van der Waals surface area contributed by atoms with Crippen LogP contribution in [0, 0.1) is 0 Å². The van der Waals surface area contributed by atoms with Crippen LogP contribution < -0.4 is 5.43 Å². The molecule has 0 unspecified atom stereocenters. The number of nitrogens with zero attached hydrogens (tertiary/aromatic N) is 2. The average Bonchev–Trinajstić information content (AvgIpc) is 3.06.